The molecule has 2 aliphatic carbocycles. The van der Waals surface area contributed by atoms with E-state index in [0.29, 0.717) is 17.3 Å². The lowest BCUT2D eigenvalue weighted by Crippen LogP contribution is -2.13. The van der Waals surface area contributed by atoms with Gasteiger partial charge in [0.1, 0.15) is 5.69 Å². The zero-order chi connectivity index (χ0) is 25.9. The first-order chi connectivity index (χ1) is 17.6. The summed E-state index contributed by atoms with van der Waals surface area (Å²) in [6, 6.07) is 14.5. The van der Waals surface area contributed by atoms with Gasteiger partial charge in [-0.3, -0.25) is 4.98 Å². The Morgan fingerprint density at radius 3 is 2.35 bits per heavy atom. The fourth-order valence-corrected chi connectivity index (χ4v) is 6.17. The minimum absolute atomic E-state index is 0.00804. The van der Waals surface area contributed by atoms with Crippen LogP contribution in [0.5, 0.6) is 0 Å². The quantitative estimate of drug-likeness (QED) is 0.221. The van der Waals surface area contributed by atoms with Crippen LogP contribution in [-0.2, 0) is 12.5 Å². The molecule has 0 saturated heterocycles. The fourth-order valence-electron chi connectivity index (χ4n) is 4.92. The highest BCUT2D eigenvalue weighted by Crippen LogP contribution is 2.44. The van der Waals surface area contributed by atoms with Gasteiger partial charge in [-0.05, 0) is 72.6 Å². The van der Waals surface area contributed by atoms with Crippen molar-refractivity contribution in [1.82, 2.24) is 14.5 Å². The maximum Gasteiger partial charge on any atom is 0.272 e. The third kappa shape index (κ3) is 4.84. The van der Waals surface area contributed by atoms with Crippen molar-refractivity contribution in [1.29, 1.82) is 0 Å². The van der Waals surface area contributed by atoms with Gasteiger partial charge in [0.15, 0.2) is 0 Å². The molecule has 1 aromatic carbocycles. The number of aromatic nitrogens is 3. The first kappa shape index (κ1) is 24.4. The van der Waals surface area contributed by atoms with Crippen LogP contribution in [0.2, 0.25) is 0 Å². The Balaban J connectivity index is 1.47. The number of hydrogen-bond acceptors (Lipinski definition) is 2. The third-order valence-electron chi connectivity index (χ3n) is 7.74. The maximum absolute atomic E-state index is 14.3. The molecule has 0 N–H and O–H groups in total. The largest absolute Gasteiger partial charge is 0.345 e. The standard InChI is InChI=1S/C31H33F2N3S/c1-5-37(3,4)29-14-24(23-12-10-22(11-13-23)21-8-9-21)17-34-30(29)27-16-28-26(35-27)15-25(31(2,32)33)19-36(28)18-20-6-7-20/h10-17,19-21H,3-9,18H2,1-2H3. The van der Waals surface area contributed by atoms with E-state index in [1.165, 1.54) is 24.5 Å². The van der Waals surface area contributed by atoms with E-state index in [9.17, 15) is 8.78 Å². The predicted octanol–water partition coefficient (Wildman–Crippen LogP) is 8.16. The molecule has 0 unspecified atom stereocenters. The molecule has 192 valence electrons. The molecule has 3 heterocycles. The Hall–Kier alpha value is -2.99. The van der Waals surface area contributed by atoms with Crippen molar-refractivity contribution in [2.45, 2.75) is 62.8 Å². The van der Waals surface area contributed by atoms with E-state index >= 15 is 0 Å². The molecule has 6 rings (SSSR count). The number of rotatable bonds is 8. The van der Waals surface area contributed by atoms with Crippen LogP contribution in [0, 0.1) is 5.92 Å². The van der Waals surface area contributed by atoms with Crippen LogP contribution >= 0.6 is 9.21 Å². The number of alkyl halides is 2. The van der Waals surface area contributed by atoms with Crippen molar-refractivity contribution < 1.29 is 8.78 Å². The SMILES string of the molecule is C=S(=C)(CC)c1cc(-c2ccc(C3CC3)cc2)cnc1-c1cc2n(CC3CC3)cc(C(C)(F)F)cc-2n1. The Morgan fingerprint density at radius 1 is 1.00 bits per heavy atom. The van der Waals surface area contributed by atoms with E-state index in [1.54, 1.807) is 6.20 Å². The molecule has 2 saturated carbocycles. The number of fused-ring (bicyclic) bond motifs is 1. The molecule has 2 aromatic rings. The molecule has 2 fully saturated rings. The van der Waals surface area contributed by atoms with Gasteiger partial charge in [-0.15, -0.1) is 0 Å². The lowest BCUT2D eigenvalue weighted by atomic mass is 10.0. The van der Waals surface area contributed by atoms with Crippen molar-refractivity contribution in [2.24, 2.45) is 5.92 Å². The highest BCUT2D eigenvalue weighted by Gasteiger charge is 2.30. The van der Waals surface area contributed by atoms with Crippen LogP contribution in [0.25, 0.3) is 33.9 Å². The maximum atomic E-state index is 14.3. The molecule has 6 heteroatoms. The highest BCUT2D eigenvalue weighted by atomic mass is 32.2. The lowest BCUT2D eigenvalue weighted by molar-refractivity contribution is 0.0167. The van der Waals surface area contributed by atoms with Crippen LogP contribution in [0.15, 0.2) is 59.8 Å². The van der Waals surface area contributed by atoms with Gasteiger partial charge in [0.05, 0.1) is 17.1 Å². The zero-order valence-corrected chi connectivity index (χ0v) is 22.3. The van der Waals surface area contributed by atoms with Crippen LogP contribution in [-0.4, -0.2) is 32.0 Å². The predicted molar refractivity (Wildman–Crippen MR) is 152 cm³/mol. The molecule has 37 heavy (non-hydrogen) atoms. The summed E-state index contributed by atoms with van der Waals surface area (Å²) in [5, 5.41) is 0. The van der Waals surface area contributed by atoms with E-state index < -0.39 is 15.1 Å². The second-order valence-corrected chi connectivity index (χ2v) is 14.0. The van der Waals surface area contributed by atoms with Crippen molar-refractivity contribution >= 4 is 20.9 Å². The summed E-state index contributed by atoms with van der Waals surface area (Å²) in [5.41, 5.74) is 6.44. The second kappa shape index (κ2) is 8.80. The molecule has 0 amide bonds. The van der Waals surface area contributed by atoms with E-state index in [4.69, 9.17) is 9.97 Å². The van der Waals surface area contributed by atoms with Gasteiger partial charge in [-0.1, -0.05) is 42.9 Å². The first-order valence-corrected chi connectivity index (χ1v) is 15.2. The molecule has 3 nitrogen and oxygen atoms in total. The molecule has 1 aromatic heterocycles. The summed E-state index contributed by atoms with van der Waals surface area (Å²) in [7, 11) is -1.64. The van der Waals surface area contributed by atoms with E-state index in [2.05, 4.69) is 49.0 Å². The van der Waals surface area contributed by atoms with Crippen LogP contribution in [0.3, 0.4) is 0 Å². The van der Waals surface area contributed by atoms with Gasteiger partial charge in [-0.2, -0.15) is 9.21 Å². The van der Waals surface area contributed by atoms with Crippen molar-refractivity contribution in [3.05, 3.63) is 66.0 Å². The average molecular weight is 518 g/mol. The minimum Gasteiger partial charge on any atom is -0.345 e. The summed E-state index contributed by atoms with van der Waals surface area (Å²) >= 11 is 0. The molecular weight excluding hydrogens is 484 g/mol. The Morgan fingerprint density at radius 2 is 1.73 bits per heavy atom. The van der Waals surface area contributed by atoms with E-state index in [-0.39, 0.29) is 5.56 Å². The lowest BCUT2D eigenvalue weighted by Gasteiger charge is -2.17. The zero-order valence-electron chi connectivity index (χ0n) is 21.5. The molecule has 0 bridgehead atoms. The number of halogens is 2. The molecule has 2 aliphatic heterocycles. The topological polar surface area (TPSA) is 30.7 Å². The monoisotopic (exact) mass is 517 g/mol. The normalized spacial score (nSPS) is 16.4. The van der Waals surface area contributed by atoms with Crippen molar-refractivity contribution in [3.63, 3.8) is 0 Å². The van der Waals surface area contributed by atoms with Crippen LogP contribution < -0.4 is 0 Å². The molecule has 0 spiro atoms. The number of pyridine rings is 2. The van der Waals surface area contributed by atoms with E-state index in [0.717, 1.165) is 65.4 Å². The van der Waals surface area contributed by atoms with Crippen LogP contribution in [0.4, 0.5) is 8.78 Å². The third-order valence-corrected chi connectivity index (χ3v) is 10.1. The van der Waals surface area contributed by atoms with Gasteiger partial charge in [0, 0.05) is 41.9 Å². The summed E-state index contributed by atoms with van der Waals surface area (Å²) in [6.45, 7) is 3.78. The summed E-state index contributed by atoms with van der Waals surface area (Å²) in [6.07, 6.45) is 8.33. The summed E-state index contributed by atoms with van der Waals surface area (Å²) in [4.78, 5) is 10.7. The molecule has 0 radical (unpaired) electrons. The number of nitrogens with zero attached hydrogens (tertiary/aromatic N) is 3. The van der Waals surface area contributed by atoms with Gasteiger partial charge >= 0.3 is 0 Å². The van der Waals surface area contributed by atoms with Gasteiger partial charge in [0.25, 0.3) is 5.92 Å². The smallest absolute Gasteiger partial charge is 0.272 e. The fraction of sp³-hybridized carbons (Fsp3) is 0.355. The Bertz CT molecular complexity index is 1540. The molecule has 0 atom stereocenters. The van der Waals surface area contributed by atoms with Crippen molar-refractivity contribution in [2.75, 3.05) is 5.75 Å². The van der Waals surface area contributed by atoms with Gasteiger partial charge in [-0.25, -0.2) is 13.8 Å². The minimum atomic E-state index is -2.93. The average Bonchev–Trinajstić information content (AvgIpc) is 3.81. The Kier molecular flexibility index (Phi) is 5.79. The van der Waals surface area contributed by atoms with Crippen molar-refractivity contribution in [3.8, 4) is 33.9 Å². The second-order valence-electron chi connectivity index (χ2n) is 10.9. The van der Waals surface area contributed by atoms with Gasteiger partial charge < -0.3 is 4.57 Å². The van der Waals surface area contributed by atoms with Crippen LogP contribution in [0.1, 0.15) is 56.6 Å². The summed E-state index contributed by atoms with van der Waals surface area (Å²) < 4.78 is 30.6. The first-order valence-electron chi connectivity index (χ1n) is 13.1. The summed E-state index contributed by atoms with van der Waals surface area (Å²) in [5.74, 6) is 8.12. The molecular formula is C31H33F2N3S. The van der Waals surface area contributed by atoms with E-state index in [1.807, 2.05) is 16.8 Å². The highest BCUT2D eigenvalue weighted by molar-refractivity contribution is 8.27. The number of benzene rings is 1. The Labute approximate surface area is 218 Å². The van der Waals surface area contributed by atoms with Gasteiger partial charge in [0.2, 0.25) is 0 Å². The molecule has 4 aliphatic rings. The number of hydrogen-bond donors (Lipinski definition) is 0.